The molecule has 1 aliphatic carbocycles. The lowest BCUT2D eigenvalue weighted by atomic mass is 9.86. The van der Waals surface area contributed by atoms with Crippen LogP contribution in [-0.4, -0.2) is 34.6 Å². The van der Waals surface area contributed by atoms with Crippen LogP contribution in [0.1, 0.15) is 62.5 Å². The van der Waals surface area contributed by atoms with Crippen molar-refractivity contribution in [2.75, 3.05) is 6.54 Å². The summed E-state index contributed by atoms with van der Waals surface area (Å²) in [6.07, 6.45) is 5.78. The molecule has 1 aromatic heterocycles. The number of likely N-dealkylation sites (tertiary alicyclic amines) is 1. The molecule has 1 saturated carbocycles. The molecule has 2 N–H and O–H groups in total. The number of carboxylic acids is 1. The molecule has 24 heavy (non-hydrogen) atoms. The zero-order valence-corrected chi connectivity index (χ0v) is 14.2. The van der Waals surface area contributed by atoms with Gasteiger partial charge >= 0.3 is 12.0 Å². The highest BCUT2D eigenvalue weighted by Gasteiger charge is 2.32. The largest absolute Gasteiger partial charge is 0.481 e. The molecule has 0 radical (unpaired) electrons. The first-order valence-corrected chi connectivity index (χ1v) is 8.91. The van der Waals surface area contributed by atoms with Crippen LogP contribution in [0.3, 0.4) is 0 Å². The van der Waals surface area contributed by atoms with Crippen molar-refractivity contribution in [3.05, 3.63) is 23.7 Å². The van der Waals surface area contributed by atoms with E-state index in [2.05, 4.69) is 5.32 Å². The second-order valence-corrected chi connectivity index (χ2v) is 6.99. The predicted octanol–water partition coefficient (Wildman–Crippen LogP) is 3.47. The van der Waals surface area contributed by atoms with E-state index in [0.29, 0.717) is 12.8 Å². The van der Waals surface area contributed by atoms with E-state index >= 15 is 0 Å². The summed E-state index contributed by atoms with van der Waals surface area (Å²) in [5.74, 6) is 0.746. The minimum absolute atomic E-state index is 0.00260. The minimum atomic E-state index is -0.718. The number of aryl methyl sites for hydroxylation is 1. The van der Waals surface area contributed by atoms with Crippen molar-refractivity contribution in [3.63, 3.8) is 0 Å². The first kappa shape index (κ1) is 16.9. The Labute approximate surface area is 142 Å². The topological polar surface area (TPSA) is 82.8 Å². The van der Waals surface area contributed by atoms with Crippen LogP contribution in [0.15, 0.2) is 16.5 Å². The third-order valence-corrected chi connectivity index (χ3v) is 5.26. The van der Waals surface area contributed by atoms with Gasteiger partial charge in [-0.1, -0.05) is 0 Å². The summed E-state index contributed by atoms with van der Waals surface area (Å²) in [6.45, 7) is 2.65. The molecule has 3 rings (SSSR count). The monoisotopic (exact) mass is 334 g/mol. The quantitative estimate of drug-likeness (QED) is 0.886. The number of aliphatic carboxylic acids is 1. The molecular formula is C18H26N2O4. The fourth-order valence-electron chi connectivity index (χ4n) is 3.85. The van der Waals surface area contributed by atoms with Crippen molar-refractivity contribution in [2.24, 2.45) is 5.92 Å². The summed E-state index contributed by atoms with van der Waals surface area (Å²) in [5.41, 5.74) is 0. The molecule has 1 aliphatic heterocycles. The van der Waals surface area contributed by atoms with Gasteiger partial charge in [-0.05, 0) is 64.0 Å². The number of carbonyl (C=O) groups is 2. The van der Waals surface area contributed by atoms with Crippen molar-refractivity contribution in [1.82, 2.24) is 10.2 Å². The molecule has 0 spiro atoms. The van der Waals surface area contributed by atoms with E-state index in [9.17, 15) is 9.59 Å². The molecule has 6 heteroatoms. The lowest BCUT2D eigenvalue weighted by Crippen LogP contribution is -2.49. The van der Waals surface area contributed by atoms with Crippen LogP contribution in [0.2, 0.25) is 0 Å². The minimum Gasteiger partial charge on any atom is -0.481 e. The number of nitrogens with one attached hydrogen (secondary N) is 1. The molecule has 132 valence electrons. The van der Waals surface area contributed by atoms with Crippen molar-refractivity contribution in [2.45, 2.75) is 64.0 Å². The van der Waals surface area contributed by atoms with Crippen molar-refractivity contribution in [3.8, 4) is 0 Å². The van der Waals surface area contributed by atoms with E-state index in [0.717, 1.165) is 50.2 Å². The van der Waals surface area contributed by atoms with Crippen molar-refractivity contribution >= 4 is 12.0 Å². The van der Waals surface area contributed by atoms with Crippen LogP contribution in [0.25, 0.3) is 0 Å². The summed E-state index contributed by atoms with van der Waals surface area (Å²) in [4.78, 5) is 25.6. The van der Waals surface area contributed by atoms with Gasteiger partial charge in [0.2, 0.25) is 0 Å². The van der Waals surface area contributed by atoms with Gasteiger partial charge in [-0.2, -0.15) is 0 Å². The van der Waals surface area contributed by atoms with Gasteiger partial charge in [0, 0.05) is 12.6 Å². The Balaban J connectivity index is 1.60. The van der Waals surface area contributed by atoms with Gasteiger partial charge in [-0.3, -0.25) is 4.79 Å². The second-order valence-electron chi connectivity index (χ2n) is 6.99. The molecule has 2 aliphatic rings. The number of hydrogen-bond acceptors (Lipinski definition) is 3. The van der Waals surface area contributed by atoms with Gasteiger partial charge in [0.25, 0.3) is 0 Å². The fraction of sp³-hybridized carbons (Fsp3) is 0.667. The number of furan rings is 1. The van der Waals surface area contributed by atoms with Crippen LogP contribution >= 0.6 is 0 Å². The Morgan fingerprint density at radius 3 is 2.54 bits per heavy atom. The summed E-state index contributed by atoms with van der Waals surface area (Å²) >= 11 is 0. The molecule has 1 atom stereocenters. The summed E-state index contributed by atoms with van der Waals surface area (Å²) in [5, 5.41) is 12.2. The maximum Gasteiger partial charge on any atom is 0.318 e. The fourth-order valence-corrected chi connectivity index (χ4v) is 3.85. The first-order chi connectivity index (χ1) is 11.5. The molecule has 2 fully saturated rings. The third kappa shape index (κ3) is 3.74. The SMILES string of the molecule is Cc1ccc(C2CCCCN2C(=O)NC2CCC(C(=O)O)CC2)o1. The number of hydrogen-bond donors (Lipinski definition) is 2. The van der Waals surface area contributed by atoms with Gasteiger partial charge in [0.05, 0.1) is 12.0 Å². The molecule has 1 aromatic rings. The molecule has 0 aromatic carbocycles. The Morgan fingerprint density at radius 1 is 1.17 bits per heavy atom. The number of amides is 2. The maximum atomic E-state index is 12.7. The molecule has 6 nitrogen and oxygen atoms in total. The average molecular weight is 334 g/mol. The van der Waals surface area contributed by atoms with Gasteiger partial charge in [0.1, 0.15) is 11.5 Å². The molecule has 0 bridgehead atoms. The van der Waals surface area contributed by atoms with E-state index in [1.165, 1.54) is 0 Å². The Morgan fingerprint density at radius 2 is 1.92 bits per heavy atom. The van der Waals surface area contributed by atoms with Gasteiger partial charge in [0.15, 0.2) is 0 Å². The molecule has 1 saturated heterocycles. The number of carbonyl (C=O) groups excluding carboxylic acids is 1. The van der Waals surface area contributed by atoms with Crippen LogP contribution in [-0.2, 0) is 4.79 Å². The molecular weight excluding hydrogens is 308 g/mol. The molecule has 2 amide bonds. The Hall–Kier alpha value is -1.98. The second kappa shape index (κ2) is 7.28. The molecule has 1 unspecified atom stereocenters. The normalized spacial score (nSPS) is 27.7. The highest BCUT2D eigenvalue weighted by molar-refractivity contribution is 5.75. The Bertz CT molecular complexity index is 590. The smallest absolute Gasteiger partial charge is 0.318 e. The zero-order valence-electron chi connectivity index (χ0n) is 14.2. The number of carboxylic acid groups (broad SMARTS) is 1. The molecule has 2 heterocycles. The average Bonchev–Trinajstić information content (AvgIpc) is 3.01. The third-order valence-electron chi connectivity index (χ3n) is 5.26. The Kier molecular flexibility index (Phi) is 5.11. The lowest BCUT2D eigenvalue weighted by Gasteiger charge is -2.36. The zero-order chi connectivity index (χ0) is 17.1. The van der Waals surface area contributed by atoms with E-state index in [1.807, 2.05) is 24.0 Å². The van der Waals surface area contributed by atoms with Crippen molar-refractivity contribution in [1.29, 1.82) is 0 Å². The van der Waals surface area contributed by atoms with E-state index in [1.54, 1.807) is 0 Å². The summed E-state index contributed by atoms with van der Waals surface area (Å²) in [6, 6.07) is 3.93. The van der Waals surface area contributed by atoms with E-state index in [-0.39, 0.29) is 24.0 Å². The number of piperidine rings is 1. The lowest BCUT2D eigenvalue weighted by molar-refractivity contribution is -0.142. The van der Waals surface area contributed by atoms with Crippen LogP contribution in [0.4, 0.5) is 4.79 Å². The highest BCUT2D eigenvalue weighted by atomic mass is 16.4. The van der Waals surface area contributed by atoms with E-state index in [4.69, 9.17) is 9.52 Å². The van der Waals surface area contributed by atoms with Gasteiger partial charge < -0.3 is 19.7 Å². The van der Waals surface area contributed by atoms with Crippen LogP contribution in [0.5, 0.6) is 0 Å². The van der Waals surface area contributed by atoms with Crippen molar-refractivity contribution < 1.29 is 19.1 Å². The van der Waals surface area contributed by atoms with Gasteiger partial charge in [-0.25, -0.2) is 4.79 Å². The summed E-state index contributed by atoms with van der Waals surface area (Å²) < 4.78 is 5.75. The summed E-state index contributed by atoms with van der Waals surface area (Å²) in [7, 11) is 0. The number of rotatable bonds is 3. The highest BCUT2D eigenvalue weighted by Crippen LogP contribution is 2.32. The van der Waals surface area contributed by atoms with Crippen LogP contribution in [0, 0.1) is 12.8 Å². The van der Waals surface area contributed by atoms with Gasteiger partial charge in [-0.15, -0.1) is 0 Å². The van der Waals surface area contributed by atoms with E-state index < -0.39 is 5.97 Å². The van der Waals surface area contributed by atoms with Crippen LogP contribution < -0.4 is 5.32 Å². The standard InChI is InChI=1S/C18H26N2O4/c1-12-5-10-16(24-12)15-4-2-3-11-20(15)18(23)19-14-8-6-13(7-9-14)17(21)22/h5,10,13-15H,2-4,6-9,11H2,1H3,(H,19,23)(H,21,22). The predicted molar refractivity (Wildman–Crippen MR) is 88.7 cm³/mol. The number of nitrogens with zero attached hydrogens (tertiary/aromatic N) is 1. The first-order valence-electron chi connectivity index (χ1n) is 8.91. The number of urea groups is 1. The maximum absolute atomic E-state index is 12.7.